The first-order chi connectivity index (χ1) is 11.0. The molecule has 0 radical (unpaired) electrons. The molecule has 124 valence electrons. The zero-order valence-electron chi connectivity index (χ0n) is 13.3. The molecule has 2 aliphatic rings. The van der Waals surface area contributed by atoms with Gasteiger partial charge in [-0.1, -0.05) is 23.7 Å². The first-order valence-electron chi connectivity index (χ1n) is 8.04. The number of rotatable bonds is 3. The van der Waals surface area contributed by atoms with Crippen LogP contribution in [0.25, 0.3) is 0 Å². The molecule has 1 saturated heterocycles. The van der Waals surface area contributed by atoms with Crippen molar-refractivity contribution in [1.29, 1.82) is 0 Å². The van der Waals surface area contributed by atoms with E-state index in [0.29, 0.717) is 32.7 Å². The number of hydrogen-bond acceptors (Lipinski definition) is 2. The molecule has 1 aromatic carbocycles. The molecule has 3 amide bonds. The third-order valence-corrected chi connectivity index (χ3v) is 5.15. The Kier molecular flexibility index (Phi) is 4.48. The average Bonchev–Trinajstić information content (AvgIpc) is 3.34. The number of nitrogens with zero attached hydrogens (tertiary/aromatic N) is 2. The molecule has 2 fully saturated rings. The normalized spacial score (nSPS) is 19.4. The Labute approximate surface area is 141 Å². The van der Waals surface area contributed by atoms with Gasteiger partial charge in [-0.15, -0.1) is 0 Å². The smallest absolute Gasteiger partial charge is 0.317 e. The summed E-state index contributed by atoms with van der Waals surface area (Å²) in [4.78, 5) is 27.2. The summed E-state index contributed by atoms with van der Waals surface area (Å²) in [6, 6.07) is 7.87. The van der Waals surface area contributed by atoms with Crippen molar-refractivity contribution in [3.05, 3.63) is 34.9 Å². The van der Waals surface area contributed by atoms with Crippen LogP contribution in [0.1, 0.15) is 25.3 Å². The van der Waals surface area contributed by atoms with E-state index in [2.05, 4.69) is 5.32 Å². The summed E-state index contributed by atoms with van der Waals surface area (Å²) in [5.74, 6) is 0.0738. The summed E-state index contributed by atoms with van der Waals surface area (Å²) in [6.07, 6.45) is 2.18. The second kappa shape index (κ2) is 6.40. The van der Waals surface area contributed by atoms with E-state index in [4.69, 9.17) is 11.6 Å². The number of benzene rings is 1. The molecule has 0 aromatic heterocycles. The predicted molar refractivity (Wildman–Crippen MR) is 89.6 cm³/mol. The van der Waals surface area contributed by atoms with Crippen molar-refractivity contribution in [2.45, 2.75) is 25.2 Å². The van der Waals surface area contributed by atoms with E-state index in [9.17, 15) is 9.59 Å². The van der Waals surface area contributed by atoms with Crippen LogP contribution in [-0.2, 0) is 10.2 Å². The van der Waals surface area contributed by atoms with Gasteiger partial charge in [-0.2, -0.15) is 0 Å². The van der Waals surface area contributed by atoms with E-state index < -0.39 is 0 Å². The molecule has 3 rings (SSSR count). The lowest BCUT2D eigenvalue weighted by molar-refractivity contribution is -0.130. The summed E-state index contributed by atoms with van der Waals surface area (Å²) in [6.45, 7) is 4.65. The SMILES string of the molecule is CC(=O)N1CCN(C(=O)NCC2(c3ccc(Cl)cc3)CC2)CC1. The standard InChI is InChI=1S/C17H22ClN3O2/c1-13(22)20-8-10-21(11-9-20)16(23)19-12-17(6-7-17)14-2-4-15(18)5-3-14/h2-5H,6-12H2,1H3,(H,19,23). The Bertz CT molecular complexity index is 590. The number of urea groups is 1. The van der Waals surface area contributed by atoms with Gasteiger partial charge in [0.25, 0.3) is 0 Å². The molecule has 0 bridgehead atoms. The van der Waals surface area contributed by atoms with Gasteiger partial charge < -0.3 is 15.1 Å². The minimum atomic E-state index is -0.0339. The zero-order valence-corrected chi connectivity index (χ0v) is 14.1. The van der Waals surface area contributed by atoms with Gasteiger partial charge in [-0.25, -0.2) is 4.79 Å². The lowest BCUT2D eigenvalue weighted by Gasteiger charge is -2.34. The van der Waals surface area contributed by atoms with Gasteiger partial charge in [0.1, 0.15) is 0 Å². The molecule has 0 unspecified atom stereocenters. The molecule has 23 heavy (non-hydrogen) atoms. The Hall–Kier alpha value is -1.75. The van der Waals surface area contributed by atoms with Crippen LogP contribution in [0.5, 0.6) is 0 Å². The molecule has 6 heteroatoms. The first-order valence-corrected chi connectivity index (χ1v) is 8.42. The highest BCUT2D eigenvalue weighted by atomic mass is 35.5. The Morgan fingerprint density at radius 2 is 1.65 bits per heavy atom. The van der Waals surface area contributed by atoms with Crippen molar-refractivity contribution in [1.82, 2.24) is 15.1 Å². The van der Waals surface area contributed by atoms with Crippen LogP contribution in [0.4, 0.5) is 4.79 Å². The lowest BCUT2D eigenvalue weighted by atomic mass is 9.96. The highest BCUT2D eigenvalue weighted by Gasteiger charge is 2.44. The van der Waals surface area contributed by atoms with E-state index >= 15 is 0 Å². The third kappa shape index (κ3) is 3.61. The molecule has 1 N–H and O–H groups in total. The van der Waals surface area contributed by atoms with E-state index in [0.717, 1.165) is 17.9 Å². The van der Waals surface area contributed by atoms with Crippen molar-refractivity contribution in [2.75, 3.05) is 32.7 Å². The predicted octanol–water partition coefficient (Wildman–Crippen LogP) is 2.25. The second-order valence-corrected chi connectivity index (χ2v) is 6.88. The van der Waals surface area contributed by atoms with E-state index in [-0.39, 0.29) is 17.4 Å². The molecular weight excluding hydrogens is 314 g/mol. The second-order valence-electron chi connectivity index (χ2n) is 6.44. The summed E-state index contributed by atoms with van der Waals surface area (Å²) in [7, 11) is 0. The summed E-state index contributed by atoms with van der Waals surface area (Å²) in [5.41, 5.74) is 1.31. The third-order valence-electron chi connectivity index (χ3n) is 4.90. The van der Waals surface area contributed by atoms with Gasteiger partial charge in [-0.05, 0) is 30.5 Å². The van der Waals surface area contributed by atoms with Gasteiger partial charge in [-0.3, -0.25) is 4.79 Å². The van der Waals surface area contributed by atoms with Crippen molar-refractivity contribution in [2.24, 2.45) is 0 Å². The highest BCUT2D eigenvalue weighted by Crippen LogP contribution is 2.47. The van der Waals surface area contributed by atoms with Gasteiger partial charge in [0.15, 0.2) is 0 Å². The quantitative estimate of drug-likeness (QED) is 0.921. The minimum Gasteiger partial charge on any atom is -0.339 e. The van der Waals surface area contributed by atoms with Crippen LogP contribution in [-0.4, -0.2) is 54.5 Å². The number of piperazine rings is 1. The molecule has 1 aromatic rings. The highest BCUT2D eigenvalue weighted by molar-refractivity contribution is 6.30. The Balaban J connectivity index is 1.51. The molecule has 0 atom stereocenters. The fourth-order valence-corrected chi connectivity index (χ4v) is 3.23. The number of amides is 3. The summed E-state index contributed by atoms with van der Waals surface area (Å²) >= 11 is 5.94. The monoisotopic (exact) mass is 335 g/mol. The van der Waals surface area contributed by atoms with Crippen LogP contribution < -0.4 is 5.32 Å². The first kappa shape index (κ1) is 16.1. The topological polar surface area (TPSA) is 52.7 Å². The van der Waals surface area contributed by atoms with Gasteiger partial charge in [0, 0.05) is 50.1 Å². The maximum absolute atomic E-state index is 12.3. The van der Waals surface area contributed by atoms with Crippen molar-refractivity contribution >= 4 is 23.5 Å². The maximum atomic E-state index is 12.3. The molecule has 1 aliphatic heterocycles. The number of halogens is 1. The molecule has 1 saturated carbocycles. The van der Waals surface area contributed by atoms with Crippen LogP contribution in [0, 0.1) is 0 Å². The van der Waals surface area contributed by atoms with Crippen LogP contribution in [0.15, 0.2) is 24.3 Å². The minimum absolute atomic E-state index is 0.0339. The number of nitrogens with one attached hydrogen (secondary N) is 1. The fraction of sp³-hybridized carbons (Fsp3) is 0.529. The number of carbonyl (C=O) groups excluding carboxylic acids is 2. The lowest BCUT2D eigenvalue weighted by Crippen LogP contribution is -2.53. The fourth-order valence-electron chi connectivity index (χ4n) is 3.10. The van der Waals surface area contributed by atoms with Crippen molar-refractivity contribution < 1.29 is 9.59 Å². The van der Waals surface area contributed by atoms with Crippen LogP contribution in [0.3, 0.4) is 0 Å². The zero-order chi connectivity index (χ0) is 16.4. The van der Waals surface area contributed by atoms with Crippen LogP contribution >= 0.6 is 11.6 Å². The van der Waals surface area contributed by atoms with Gasteiger partial charge in [0.05, 0.1) is 0 Å². The molecular formula is C17H22ClN3O2. The Morgan fingerprint density at radius 3 is 2.17 bits per heavy atom. The molecule has 5 nitrogen and oxygen atoms in total. The number of carbonyl (C=O) groups is 2. The maximum Gasteiger partial charge on any atom is 0.317 e. The van der Waals surface area contributed by atoms with Crippen molar-refractivity contribution in [3.63, 3.8) is 0 Å². The van der Waals surface area contributed by atoms with E-state index in [1.165, 1.54) is 5.56 Å². The van der Waals surface area contributed by atoms with E-state index in [1.54, 1.807) is 16.7 Å². The average molecular weight is 336 g/mol. The molecule has 0 spiro atoms. The van der Waals surface area contributed by atoms with Gasteiger partial charge >= 0.3 is 6.03 Å². The largest absolute Gasteiger partial charge is 0.339 e. The Morgan fingerprint density at radius 1 is 1.09 bits per heavy atom. The summed E-state index contributed by atoms with van der Waals surface area (Å²) in [5, 5.41) is 3.80. The van der Waals surface area contributed by atoms with Crippen molar-refractivity contribution in [3.8, 4) is 0 Å². The van der Waals surface area contributed by atoms with Crippen LogP contribution in [0.2, 0.25) is 5.02 Å². The van der Waals surface area contributed by atoms with Gasteiger partial charge in [0.2, 0.25) is 5.91 Å². The van der Waals surface area contributed by atoms with E-state index in [1.807, 2.05) is 24.3 Å². The summed E-state index contributed by atoms with van der Waals surface area (Å²) < 4.78 is 0. The molecule has 1 aliphatic carbocycles. The number of hydrogen-bond donors (Lipinski definition) is 1. The molecule has 1 heterocycles.